The Kier molecular flexibility index (Phi) is 8.94. The Morgan fingerprint density at radius 3 is 2.61 bits per heavy atom. The Bertz CT molecular complexity index is 669. The number of hydrogen-bond donors (Lipinski definition) is 2. The maximum absolute atomic E-state index is 12.5. The van der Waals surface area contributed by atoms with Gasteiger partial charge in [0.15, 0.2) is 0 Å². The molecule has 0 unspecified atom stereocenters. The van der Waals surface area contributed by atoms with E-state index in [0.717, 1.165) is 6.42 Å². The molecule has 1 saturated heterocycles. The van der Waals surface area contributed by atoms with Crippen LogP contribution < -0.4 is 5.32 Å². The van der Waals surface area contributed by atoms with E-state index in [-0.39, 0.29) is 29.7 Å². The van der Waals surface area contributed by atoms with Gasteiger partial charge in [-0.1, -0.05) is 18.2 Å². The highest BCUT2D eigenvalue weighted by molar-refractivity contribution is 5.89. The van der Waals surface area contributed by atoms with Crippen molar-refractivity contribution in [3.8, 4) is 0 Å². The summed E-state index contributed by atoms with van der Waals surface area (Å²) in [5.41, 5.74) is 0.916. The molecule has 0 radical (unpaired) electrons. The van der Waals surface area contributed by atoms with E-state index in [1.54, 1.807) is 29.2 Å². The van der Waals surface area contributed by atoms with Crippen LogP contribution in [-0.2, 0) is 20.7 Å². The summed E-state index contributed by atoms with van der Waals surface area (Å²) in [7, 11) is 0. The van der Waals surface area contributed by atoms with Gasteiger partial charge in [0.1, 0.15) is 0 Å². The minimum absolute atomic E-state index is 0.00997. The third-order valence-corrected chi connectivity index (χ3v) is 5.04. The summed E-state index contributed by atoms with van der Waals surface area (Å²) in [6.45, 7) is 5.02. The largest absolute Gasteiger partial charge is 0.478 e. The van der Waals surface area contributed by atoms with Gasteiger partial charge in [-0.25, -0.2) is 4.79 Å². The molecular formula is C21H30N2O5. The molecule has 1 fully saturated rings. The van der Waals surface area contributed by atoms with Crippen molar-refractivity contribution in [3.63, 3.8) is 0 Å². The molecule has 1 aromatic rings. The summed E-state index contributed by atoms with van der Waals surface area (Å²) in [4.78, 5) is 37.7. The number of hydrogen-bond acceptors (Lipinski definition) is 4. The molecule has 1 aliphatic rings. The average Bonchev–Trinajstić information content (AvgIpc) is 2.72. The molecule has 0 aromatic heterocycles. The second-order valence-corrected chi connectivity index (χ2v) is 6.96. The molecule has 0 aliphatic carbocycles. The van der Waals surface area contributed by atoms with Crippen molar-refractivity contribution in [2.45, 2.75) is 39.0 Å². The first-order valence-corrected chi connectivity index (χ1v) is 9.97. The number of rotatable bonds is 10. The predicted octanol–water partition coefficient (Wildman–Crippen LogP) is 2.10. The van der Waals surface area contributed by atoms with Gasteiger partial charge in [-0.2, -0.15) is 0 Å². The molecular weight excluding hydrogens is 360 g/mol. The van der Waals surface area contributed by atoms with Crippen LogP contribution in [0.5, 0.6) is 0 Å². The van der Waals surface area contributed by atoms with Crippen molar-refractivity contribution in [2.75, 3.05) is 32.8 Å². The third-order valence-electron chi connectivity index (χ3n) is 5.04. The summed E-state index contributed by atoms with van der Waals surface area (Å²) in [6.07, 6.45) is 2.80. The van der Waals surface area contributed by atoms with Crippen LogP contribution in [0.4, 0.5) is 0 Å². The number of nitrogens with one attached hydrogen (secondary N) is 1. The normalized spacial score (nSPS) is 14.7. The first kappa shape index (κ1) is 21.9. The number of carbonyl (C=O) groups is 3. The van der Waals surface area contributed by atoms with Crippen LogP contribution in [0.3, 0.4) is 0 Å². The lowest BCUT2D eigenvalue weighted by Crippen LogP contribution is -2.43. The Hall–Kier alpha value is -2.41. The number of aryl methyl sites for hydroxylation is 1. The van der Waals surface area contributed by atoms with Crippen LogP contribution in [0.2, 0.25) is 0 Å². The number of aromatic carboxylic acids is 1. The van der Waals surface area contributed by atoms with Gasteiger partial charge in [-0.05, 0) is 44.2 Å². The van der Waals surface area contributed by atoms with Crippen LogP contribution in [0, 0.1) is 5.92 Å². The number of carboxylic acid groups (broad SMARTS) is 1. The maximum atomic E-state index is 12.5. The zero-order valence-electron chi connectivity index (χ0n) is 16.5. The zero-order chi connectivity index (χ0) is 20.4. The van der Waals surface area contributed by atoms with Gasteiger partial charge >= 0.3 is 5.97 Å². The number of carboxylic acids is 1. The molecule has 0 spiro atoms. The highest BCUT2D eigenvalue weighted by atomic mass is 16.5. The van der Waals surface area contributed by atoms with Crippen LogP contribution in [0.15, 0.2) is 24.3 Å². The Morgan fingerprint density at radius 2 is 1.93 bits per heavy atom. The SMILES string of the molecule is CCOCCCNC(=O)C1CCN(C(=O)CCc2ccccc2C(=O)O)CC1. The van der Waals surface area contributed by atoms with Crippen LogP contribution in [0.1, 0.15) is 48.5 Å². The molecule has 1 aromatic carbocycles. The standard InChI is InChI=1S/C21H30N2O5/c1-2-28-15-5-12-22-20(25)17-10-13-23(14-11-17)19(24)9-8-16-6-3-4-7-18(16)21(26)27/h3-4,6-7,17H,2,5,8-15H2,1H3,(H,22,25)(H,26,27). The number of piperidine rings is 1. The molecule has 7 heteroatoms. The first-order chi connectivity index (χ1) is 13.5. The fraction of sp³-hybridized carbons (Fsp3) is 0.571. The van der Waals surface area contributed by atoms with Crippen LogP contribution >= 0.6 is 0 Å². The van der Waals surface area contributed by atoms with Gasteiger partial charge in [-0.15, -0.1) is 0 Å². The van der Waals surface area contributed by atoms with E-state index < -0.39 is 5.97 Å². The minimum atomic E-state index is -0.976. The van der Waals surface area contributed by atoms with Gasteiger partial charge in [-0.3, -0.25) is 9.59 Å². The third kappa shape index (κ3) is 6.64. The summed E-state index contributed by atoms with van der Waals surface area (Å²) >= 11 is 0. The van der Waals surface area contributed by atoms with Gasteiger partial charge in [0.25, 0.3) is 0 Å². The Morgan fingerprint density at radius 1 is 1.21 bits per heavy atom. The monoisotopic (exact) mass is 390 g/mol. The van der Waals surface area contributed by atoms with Gasteiger partial charge in [0, 0.05) is 45.2 Å². The Balaban J connectivity index is 1.72. The van der Waals surface area contributed by atoms with Crippen molar-refractivity contribution >= 4 is 17.8 Å². The number of nitrogens with zero attached hydrogens (tertiary/aromatic N) is 1. The summed E-state index contributed by atoms with van der Waals surface area (Å²) < 4.78 is 5.25. The van der Waals surface area contributed by atoms with E-state index in [4.69, 9.17) is 4.74 Å². The molecule has 0 bridgehead atoms. The van der Waals surface area contributed by atoms with E-state index in [0.29, 0.717) is 57.7 Å². The van der Waals surface area contributed by atoms with E-state index in [2.05, 4.69) is 5.32 Å². The molecule has 0 saturated carbocycles. The summed E-state index contributed by atoms with van der Waals surface area (Å²) in [5.74, 6) is -0.963. The van der Waals surface area contributed by atoms with Gasteiger partial charge in [0.05, 0.1) is 5.56 Å². The Labute approximate surface area is 166 Å². The van der Waals surface area contributed by atoms with E-state index in [9.17, 15) is 19.5 Å². The highest BCUT2D eigenvalue weighted by Crippen LogP contribution is 2.19. The lowest BCUT2D eigenvalue weighted by molar-refractivity contribution is -0.135. The lowest BCUT2D eigenvalue weighted by Gasteiger charge is -2.31. The average molecular weight is 390 g/mol. The van der Waals surface area contributed by atoms with Crippen LogP contribution in [-0.4, -0.2) is 60.6 Å². The van der Waals surface area contributed by atoms with Gasteiger partial charge < -0.3 is 20.1 Å². The number of likely N-dealkylation sites (tertiary alicyclic amines) is 1. The minimum Gasteiger partial charge on any atom is -0.478 e. The highest BCUT2D eigenvalue weighted by Gasteiger charge is 2.27. The van der Waals surface area contributed by atoms with E-state index >= 15 is 0 Å². The molecule has 1 heterocycles. The molecule has 2 N–H and O–H groups in total. The smallest absolute Gasteiger partial charge is 0.335 e. The van der Waals surface area contributed by atoms with Crippen molar-refractivity contribution in [1.82, 2.24) is 10.2 Å². The fourth-order valence-corrected chi connectivity index (χ4v) is 3.41. The number of amides is 2. The maximum Gasteiger partial charge on any atom is 0.335 e. The number of benzene rings is 1. The van der Waals surface area contributed by atoms with Crippen molar-refractivity contribution < 1.29 is 24.2 Å². The molecule has 28 heavy (non-hydrogen) atoms. The molecule has 0 atom stereocenters. The molecule has 2 rings (SSSR count). The molecule has 154 valence electrons. The quantitative estimate of drug-likeness (QED) is 0.597. The molecule has 2 amide bonds. The van der Waals surface area contributed by atoms with E-state index in [1.807, 2.05) is 6.92 Å². The van der Waals surface area contributed by atoms with Crippen LogP contribution in [0.25, 0.3) is 0 Å². The summed E-state index contributed by atoms with van der Waals surface area (Å²) in [6, 6.07) is 6.77. The zero-order valence-corrected chi connectivity index (χ0v) is 16.5. The fourth-order valence-electron chi connectivity index (χ4n) is 3.41. The van der Waals surface area contributed by atoms with Crippen molar-refractivity contribution in [1.29, 1.82) is 0 Å². The summed E-state index contributed by atoms with van der Waals surface area (Å²) in [5, 5.41) is 12.2. The molecule has 7 nitrogen and oxygen atoms in total. The van der Waals surface area contributed by atoms with Crippen molar-refractivity contribution in [3.05, 3.63) is 35.4 Å². The second-order valence-electron chi connectivity index (χ2n) is 6.96. The van der Waals surface area contributed by atoms with Gasteiger partial charge in [0.2, 0.25) is 11.8 Å². The second kappa shape index (κ2) is 11.4. The first-order valence-electron chi connectivity index (χ1n) is 9.97. The van der Waals surface area contributed by atoms with Crippen molar-refractivity contribution in [2.24, 2.45) is 5.92 Å². The number of ether oxygens (including phenoxy) is 1. The predicted molar refractivity (Wildman–Crippen MR) is 105 cm³/mol. The molecule has 1 aliphatic heterocycles. The topological polar surface area (TPSA) is 95.9 Å². The lowest BCUT2D eigenvalue weighted by atomic mass is 9.95. The van der Waals surface area contributed by atoms with E-state index in [1.165, 1.54) is 0 Å². The number of carbonyl (C=O) groups excluding carboxylic acids is 2.